The fourth-order valence-corrected chi connectivity index (χ4v) is 3.15. The molecule has 0 aromatic rings. The first-order valence-corrected chi connectivity index (χ1v) is 8.47. The molecule has 21 heavy (non-hydrogen) atoms. The third-order valence-electron chi connectivity index (χ3n) is 4.55. The SMILES string of the molecule is C=C(C)CN(CC)C(=O)CN(CC1CCNCC1)C1CC1. The first-order chi connectivity index (χ1) is 10.1. The molecule has 1 N–H and O–H groups in total. The highest BCUT2D eigenvalue weighted by Gasteiger charge is 2.32. The summed E-state index contributed by atoms with van der Waals surface area (Å²) < 4.78 is 0. The molecule has 1 aliphatic heterocycles. The lowest BCUT2D eigenvalue weighted by atomic mass is 9.97. The van der Waals surface area contributed by atoms with Crippen molar-refractivity contribution in [3.8, 4) is 0 Å². The van der Waals surface area contributed by atoms with Crippen molar-refractivity contribution in [2.45, 2.75) is 45.6 Å². The number of rotatable bonds is 8. The Hall–Kier alpha value is -0.870. The molecule has 1 saturated heterocycles. The second-order valence-electron chi connectivity index (χ2n) is 6.72. The van der Waals surface area contributed by atoms with Crippen molar-refractivity contribution in [2.75, 3.05) is 39.3 Å². The predicted octanol–water partition coefficient (Wildman–Crippen LogP) is 1.87. The first-order valence-electron chi connectivity index (χ1n) is 8.47. The minimum atomic E-state index is 0.265. The molecule has 2 rings (SSSR count). The normalized spacial score (nSPS) is 19.8. The monoisotopic (exact) mass is 293 g/mol. The molecule has 0 spiro atoms. The Morgan fingerprint density at radius 1 is 1.19 bits per heavy atom. The summed E-state index contributed by atoms with van der Waals surface area (Å²) in [4.78, 5) is 16.9. The number of hydrogen-bond acceptors (Lipinski definition) is 3. The largest absolute Gasteiger partial charge is 0.338 e. The molecule has 0 bridgehead atoms. The molecule has 0 aromatic carbocycles. The fourth-order valence-electron chi connectivity index (χ4n) is 3.15. The van der Waals surface area contributed by atoms with Gasteiger partial charge in [0.2, 0.25) is 5.91 Å². The van der Waals surface area contributed by atoms with Crippen LogP contribution in [0, 0.1) is 5.92 Å². The van der Waals surface area contributed by atoms with E-state index in [-0.39, 0.29) is 5.91 Å². The lowest BCUT2D eigenvalue weighted by molar-refractivity contribution is -0.132. The molecule has 4 nitrogen and oxygen atoms in total. The molecule has 2 aliphatic rings. The number of amides is 1. The number of nitrogens with zero attached hydrogens (tertiary/aromatic N) is 2. The van der Waals surface area contributed by atoms with Crippen molar-refractivity contribution in [3.05, 3.63) is 12.2 Å². The molecule has 1 aliphatic carbocycles. The van der Waals surface area contributed by atoms with Gasteiger partial charge in [0.05, 0.1) is 6.54 Å². The third kappa shape index (κ3) is 5.44. The van der Waals surface area contributed by atoms with Crippen LogP contribution in [0.2, 0.25) is 0 Å². The Kier molecular flexibility index (Phi) is 6.24. The average Bonchev–Trinajstić information content (AvgIpc) is 3.29. The molecular weight excluding hydrogens is 262 g/mol. The Labute approximate surface area is 129 Å². The van der Waals surface area contributed by atoms with E-state index in [2.05, 4.69) is 23.7 Å². The average molecular weight is 293 g/mol. The maximum absolute atomic E-state index is 12.5. The van der Waals surface area contributed by atoms with Crippen LogP contribution in [0.1, 0.15) is 39.5 Å². The van der Waals surface area contributed by atoms with Crippen LogP contribution in [0.5, 0.6) is 0 Å². The second kappa shape index (κ2) is 7.95. The van der Waals surface area contributed by atoms with Crippen molar-refractivity contribution in [3.63, 3.8) is 0 Å². The van der Waals surface area contributed by atoms with Crippen LogP contribution in [0.4, 0.5) is 0 Å². The highest BCUT2D eigenvalue weighted by atomic mass is 16.2. The maximum Gasteiger partial charge on any atom is 0.237 e. The van der Waals surface area contributed by atoms with Gasteiger partial charge in [0.25, 0.3) is 0 Å². The van der Waals surface area contributed by atoms with Gasteiger partial charge < -0.3 is 10.2 Å². The zero-order valence-electron chi connectivity index (χ0n) is 13.7. The number of likely N-dealkylation sites (N-methyl/N-ethyl adjacent to an activating group) is 1. The zero-order chi connectivity index (χ0) is 15.2. The van der Waals surface area contributed by atoms with E-state index in [1.54, 1.807) is 0 Å². The summed E-state index contributed by atoms with van der Waals surface area (Å²) in [5.74, 6) is 1.03. The standard InChI is InChI=1S/C17H31N3O/c1-4-19(11-14(2)3)17(21)13-20(16-5-6-16)12-15-7-9-18-10-8-15/h15-16,18H,2,4-13H2,1,3H3. The first kappa shape index (κ1) is 16.5. The van der Waals surface area contributed by atoms with Gasteiger partial charge in [0.15, 0.2) is 0 Å². The molecule has 0 unspecified atom stereocenters. The van der Waals surface area contributed by atoms with Crippen molar-refractivity contribution in [2.24, 2.45) is 5.92 Å². The van der Waals surface area contributed by atoms with Gasteiger partial charge in [-0.25, -0.2) is 0 Å². The Morgan fingerprint density at radius 2 is 1.86 bits per heavy atom. The van der Waals surface area contributed by atoms with Crippen molar-refractivity contribution >= 4 is 5.91 Å². The topological polar surface area (TPSA) is 35.6 Å². The Morgan fingerprint density at radius 3 is 2.38 bits per heavy atom. The highest BCUT2D eigenvalue weighted by molar-refractivity contribution is 5.78. The van der Waals surface area contributed by atoms with E-state index in [9.17, 15) is 4.79 Å². The van der Waals surface area contributed by atoms with Gasteiger partial charge in [-0.2, -0.15) is 0 Å². The van der Waals surface area contributed by atoms with Crippen LogP contribution in [-0.4, -0.2) is 61.0 Å². The quantitative estimate of drug-likeness (QED) is 0.694. The van der Waals surface area contributed by atoms with Crippen LogP contribution in [0.15, 0.2) is 12.2 Å². The zero-order valence-corrected chi connectivity index (χ0v) is 13.7. The Bertz CT molecular complexity index is 359. The molecule has 4 heteroatoms. The minimum Gasteiger partial charge on any atom is -0.338 e. The van der Waals surface area contributed by atoms with Crippen LogP contribution >= 0.6 is 0 Å². The third-order valence-corrected chi connectivity index (χ3v) is 4.55. The fraction of sp³-hybridized carbons (Fsp3) is 0.824. The lowest BCUT2D eigenvalue weighted by Crippen LogP contribution is -2.44. The summed E-state index contributed by atoms with van der Waals surface area (Å²) in [6.45, 7) is 13.4. The van der Waals surface area contributed by atoms with E-state index in [1.807, 2.05) is 11.8 Å². The number of carbonyl (C=O) groups is 1. The summed E-state index contributed by atoms with van der Waals surface area (Å²) in [6, 6.07) is 0.660. The van der Waals surface area contributed by atoms with Crippen molar-refractivity contribution in [1.29, 1.82) is 0 Å². The van der Waals surface area contributed by atoms with E-state index in [4.69, 9.17) is 0 Å². The van der Waals surface area contributed by atoms with Crippen molar-refractivity contribution in [1.82, 2.24) is 15.1 Å². The molecule has 0 aromatic heterocycles. The number of hydrogen-bond donors (Lipinski definition) is 1. The Balaban J connectivity index is 1.86. The number of nitrogens with one attached hydrogen (secondary N) is 1. The van der Waals surface area contributed by atoms with Gasteiger partial charge in [0.1, 0.15) is 0 Å². The van der Waals surface area contributed by atoms with Crippen LogP contribution < -0.4 is 5.32 Å². The van der Waals surface area contributed by atoms with Crippen LogP contribution in [0.25, 0.3) is 0 Å². The lowest BCUT2D eigenvalue weighted by Gasteiger charge is -2.31. The molecule has 1 amide bonds. The molecule has 0 atom stereocenters. The smallest absolute Gasteiger partial charge is 0.237 e. The van der Waals surface area contributed by atoms with Gasteiger partial charge in [-0.15, -0.1) is 0 Å². The molecule has 120 valence electrons. The number of piperidine rings is 1. The van der Waals surface area contributed by atoms with Gasteiger partial charge in [-0.05, 0) is 58.5 Å². The van der Waals surface area contributed by atoms with Gasteiger partial charge in [-0.3, -0.25) is 9.69 Å². The minimum absolute atomic E-state index is 0.265. The number of carbonyl (C=O) groups excluding carboxylic acids is 1. The summed E-state index contributed by atoms with van der Waals surface area (Å²) in [5, 5.41) is 3.42. The molecule has 2 fully saturated rings. The highest BCUT2D eigenvalue weighted by Crippen LogP contribution is 2.28. The maximum atomic E-state index is 12.5. The summed E-state index contributed by atoms with van der Waals surface area (Å²) in [6.07, 6.45) is 5.04. The van der Waals surface area contributed by atoms with E-state index >= 15 is 0 Å². The molecule has 0 radical (unpaired) electrons. The second-order valence-corrected chi connectivity index (χ2v) is 6.72. The van der Waals surface area contributed by atoms with Crippen LogP contribution in [0.3, 0.4) is 0 Å². The summed E-state index contributed by atoms with van der Waals surface area (Å²) in [7, 11) is 0. The van der Waals surface area contributed by atoms with Gasteiger partial charge in [-0.1, -0.05) is 12.2 Å². The molecular formula is C17H31N3O. The molecule has 1 saturated carbocycles. The summed E-state index contributed by atoms with van der Waals surface area (Å²) >= 11 is 0. The van der Waals surface area contributed by atoms with E-state index < -0.39 is 0 Å². The van der Waals surface area contributed by atoms with Gasteiger partial charge in [0, 0.05) is 25.7 Å². The predicted molar refractivity (Wildman–Crippen MR) is 87.3 cm³/mol. The molecule has 1 heterocycles. The van der Waals surface area contributed by atoms with E-state index in [1.165, 1.54) is 25.7 Å². The van der Waals surface area contributed by atoms with Crippen molar-refractivity contribution < 1.29 is 4.79 Å². The van der Waals surface area contributed by atoms with Gasteiger partial charge >= 0.3 is 0 Å². The summed E-state index contributed by atoms with van der Waals surface area (Å²) in [5.41, 5.74) is 1.06. The van der Waals surface area contributed by atoms with E-state index in [0.717, 1.165) is 37.7 Å². The van der Waals surface area contributed by atoms with Crippen LogP contribution in [-0.2, 0) is 4.79 Å². The van der Waals surface area contributed by atoms with E-state index in [0.29, 0.717) is 19.1 Å².